The van der Waals surface area contributed by atoms with Gasteiger partial charge in [-0.3, -0.25) is 0 Å². The van der Waals surface area contributed by atoms with Crippen LogP contribution in [-0.4, -0.2) is 57.3 Å². The van der Waals surface area contributed by atoms with E-state index in [0.717, 1.165) is 0 Å². The van der Waals surface area contributed by atoms with E-state index in [0.29, 0.717) is 12.2 Å². The van der Waals surface area contributed by atoms with E-state index >= 15 is 0 Å². The largest absolute Gasteiger partial charge is 0.495 e. The van der Waals surface area contributed by atoms with E-state index < -0.39 is 21.0 Å². The van der Waals surface area contributed by atoms with Crippen molar-refractivity contribution in [2.45, 2.75) is 30.8 Å². The molecule has 1 fully saturated rings. The first kappa shape index (κ1) is 18.2. The van der Waals surface area contributed by atoms with Gasteiger partial charge in [0.05, 0.1) is 19.3 Å². The summed E-state index contributed by atoms with van der Waals surface area (Å²) in [5, 5.41) is 10.8. The predicted molar refractivity (Wildman–Crippen MR) is 87.0 cm³/mol. The number of para-hydroxylation sites is 1. The van der Waals surface area contributed by atoms with Crippen LogP contribution < -0.4 is 4.74 Å². The molecule has 0 amide bonds. The zero-order valence-electron chi connectivity index (χ0n) is 14.1. The Labute approximate surface area is 138 Å². The fourth-order valence-corrected chi connectivity index (χ4v) is 4.76. The Hall–Kier alpha value is -1.15. The van der Waals surface area contributed by atoms with Crippen LogP contribution in [0, 0.1) is 5.41 Å². The molecular weight excluding hydrogens is 318 g/mol. The Bertz CT molecular complexity index is 658. The van der Waals surface area contributed by atoms with E-state index in [4.69, 9.17) is 9.47 Å². The molecule has 0 saturated carbocycles. The highest BCUT2D eigenvalue weighted by Gasteiger charge is 2.50. The topological polar surface area (TPSA) is 76.1 Å². The number of benzene rings is 1. The third-order valence-electron chi connectivity index (χ3n) is 4.68. The van der Waals surface area contributed by atoms with E-state index in [-0.39, 0.29) is 24.6 Å². The molecule has 1 aliphatic rings. The van der Waals surface area contributed by atoms with Crippen LogP contribution in [0.3, 0.4) is 0 Å². The van der Waals surface area contributed by atoms with Gasteiger partial charge in [0.2, 0.25) is 10.0 Å². The average molecular weight is 343 g/mol. The molecular formula is C16H25NO5S. The average Bonchev–Trinajstić information content (AvgIpc) is 2.50. The highest BCUT2D eigenvalue weighted by Crippen LogP contribution is 2.41. The molecule has 1 aromatic carbocycles. The van der Waals surface area contributed by atoms with Crippen molar-refractivity contribution in [2.75, 3.05) is 33.9 Å². The second-order valence-corrected chi connectivity index (χ2v) is 8.49. The third-order valence-corrected chi connectivity index (χ3v) is 6.56. The molecule has 0 aliphatic carbocycles. The van der Waals surface area contributed by atoms with Crippen LogP contribution in [0.15, 0.2) is 29.2 Å². The number of piperidine rings is 1. The SMILES string of the molecule is COC[C@]1(O)CCN(S(=O)(=O)c2ccccc2OC)CC1(C)C. The first-order valence-corrected chi connectivity index (χ1v) is 8.96. The normalized spacial score (nSPS) is 25.3. The molecule has 1 atom stereocenters. The van der Waals surface area contributed by atoms with Crippen LogP contribution in [0.25, 0.3) is 0 Å². The van der Waals surface area contributed by atoms with Crippen LogP contribution in [0.4, 0.5) is 0 Å². The van der Waals surface area contributed by atoms with Crippen molar-refractivity contribution in [3.8, 4) is 5.75 Å². The third kappa shape index (κ3) is 3.24. The van der Waals surface area contributed by atoms with Crippen LogP contribution >= 0.6 is 0 Å². The van der Waals surface area contributed by atoms with E-state index in [9.17, 15) is 13.5 Å². The molecule has 6 nitrogen and oxygen atoms in total. The van der Waals surface area contributed by atoms with Gasteiger partial charge in [-0.05, 0) is 18.6 Å². The number of sulfonamides is 1. The van der Waals surface area contributed by atoms with Crippen molar-refractivity contribution in [1.82, 2.24) is 4.31 Å². The van der Waals surface area contributed by atoms with Crippen LogP contribution in [0.5, 0.6) is 5.75 Å². The lowest BCUT2D eigenvalue weighted by atomic mass is 9.71. The quantitative estimate of drug-likeness (QED) is 0.877. The smallest absolute Gasteiger partial charge is 0.246 e. The Morgan fingerprint density at radius 1 is 1.26 bits per heavy atom. The summed E-state index contributed by atoms with van der Waals surface area (Å²) in [6, 6.07) is 6.57. The summed E-state index contributed by atoms with van der Waals surface area (Å²) in [6.07, 6.45) is 0.322. The molecule has 130 valence electrons. The summed E-state index contributed by atoms with van der Waals surface area (Å²) in [4.78, 5) is 0.149. The lowest BCUT2D eigenvalue weighted by Crippen LogP contribution is -2.60. The molecule has 23 heavy (non-hydrogen) atoms. The second-order valence-electron chi connectivity index (χ2n) is 6.59. The number of rotatable bonds is 5. The number of ether oxygens (including phenoxy) is 2. The van der Waals surface area contributed by atoms with Gasteiger partial charge >= 0.3 is 0 Å². The summed E-state index contributed by atoms with van der Waals surface area (Å²) in [6.45, 7) is 4.35. The lowest BCUT2D eigenvalue weighted by Gasteiger charge is -2.49. The fraction of sp³-hybridized carbons (Fsp3) is 0.625. The van der Waals surface area contributed by atoms with Crippen molar-refractivity contribution in [1.29, 1.82) is 0 Å². The maximum atomic E-state index is 13.0. The van der Waals surface area contributed by atoms with Crippen LogP contribution in [-0.2, 0) is 14.8 Å². The van der Waals surface area contributed by atoms with Crippen molar-refractivity contribution >= 4 is 10.0 Å². The molecule has 1 N–H and O–H groups in total. The van der Waals surface area contributed by atoms with Gasteiger partial charge in [-0.25, -0.2) is 8.42 Å². The molecule has 1 aliphatic heterocycles. The highest BCUT2D eigenvalue weighted by atomic mass is 32.2. The summed E-state index contributed by atoms with van der Waals surface area (Å²) < 4.78 is 37.6. The maximum Gasteiger partial charge on any atom is 0.246 e. The number of nitrogens with zero attached hydrogens (tertiary/aromatic N) is 1. The van der Waals surface area contributed by atoms with Gasteiger partial charge in [-0.2, -0.15) is 4.31 Å². The first-order chi connectivity index (χ1) is 10.7. The van der Waals surface area contributed by atoms with E-state index in [1.807, 2.05) is 13.8 Å². The van der Waals surface area contributed by atoms with Gasteiger partial charge in [0.25, 0.3) is 0 Å². The Morgan fingerprint density at radius 3 is 2.48 bits per heavy atom. The minimum atomic E-state index is -3.68. The van der Waals surface area contributed by atoms with Crippen molar-refractivity contribution in [2.24, 2.45) is 5.41 Å². The Morgan fingerprint density at radius 2 is 1.91 bits per heavy atom. The minimum Gasteiger partial charge on any atom is -0.495 e. The minimum absolute atomic E-state index is 0.149. The van der Waals surface area contributed by atoms with Crippen LogP contribution in [0.1, 0.15) is 20.3 Å². The summed E-state index contributed by atoms with van der Waals surface area (Å²) in [5.41, 5.74) is -1.68. The van der Waals surface area contributed by atoms with E-state index in [2.05, 4.69) is 0 Å². The van der Waals surface area contributed by atoms with Gasteiger partial charge in [-0.1, -0.05) is 26.0 Å². The number of hydrogen-bond donors (Lipinski definition) is 1. The standard InChI is InChI=1S/C16H25NO5S/c1-15(2)11-17(10-9-16(15,18)12-21-3)23(19,20)14-8-6-5-7-13(14)22-4/h5-8,18H,9-12H2,1-4H3/t16-/m1/s1. The molecule has 1 aromatic rings. The van der Waals surface area contributed by atoms with Crippen molar-refractivity contribution in [3.05, 3.63) is 24.3 Å². The zero-order chi connectivity index (χ0) is 17.3. The van der Waals surface area contributed by atoms with Gasteiger partial charge in [-0.15, -0.1) is 0 Å². The van der Waals surface area contributed by atoms with Crippen molar-refractivity contribution < 1.29 is 23.0 Å². The maximum absolute atomic E-state index is 13.0. The molecule has 7 heteroatoms. The first-order valence-electron chi connectivity index (χ1n) is 7.52. The fourth-order valence-electron chi connectivity index (χ4n) is 3.00. The van der Waals surface area contributed by atoms with Gasteiger partial charge in [0, 0.05) is 25.6 Å². The van der Waals surface area contributed by atoms with Gasteiger partial charge in [0.1, 0.15) is 10.6 Å². The van der Waals surface area contributed by atoms with Gasteiger partial charge in [0.15, 0.2) is 0 Å². The summed E-state index contributed by atoms with van der Waals surface area (Å²) in [7, 11) is -0.701. The molecule has 0 radical (unpaired) electrons. The lowest BCUT2D eigenvalue weighted by molar-refractivity contribution is -0.139. The highest BCUT2D eigenvalue weighted by molar-refractivity contribution is 7.89. The Balaban J connectivity index is 2.33. The molecule has 0 aromatic heterocycles. The number of aliphatic hydroxyl groups is 1. The summed E-state index contributed by atoms with van der Waals surface area (Å²) >= 11 is 0. The van der Waals surface area contributed by atoms with Crippen molar-refractivity contribution in [3.63, 3.8) is 0 Å². The molecule has 1 heterocycles. The number of methoxy groups -OCH3 is 2. The molecule has 2 rings (SSSR count). The molecule has 0 spiro atoms. The molecule has 0 unspecified atom stereocenters. The number of hydrogen-bond acceptors (Lipinski definition) is 5. The molecule has 0 bridgehead atoms. The van der Waals surface area contributed by atoms with E-state index in [1.54, 1.807) is 18.2 Å². The monoisotopic (exact) mass is 343 g/mol. The van der Waals surface area contributed by atoms with Crippen LogP contribution in [0.2, 0.25) is 0 Å². The summed E-state index contributed by atoms with van der Waals surface area (Å²) in [5.74, 6) is 0.322. The zero-order valence-corrected chi connectivity index (χ0v) is 14.9. The molecule has 1 saturated heterocycles. The predicted octanol–water partition coefficient (Wildman–Crippen LogP) is 1.49. The van der Waals surface area contributed by atoms with Gasteiger partial charge < -0.3 is 14.6 Å². The second kappa shape index (κ2) is 6.39. The van der Waals surface area contributed by atoms with E-state index in [1.165, 1.54) is 24.6 Å². The Kier molecular flexibility index (Phi) is 5.06.